The Bertz CT molecular complexity index is 595. The molecule has 2 heterocycles. The van der Waals surface area contributed by atoms with E-state index in [1.54, 1.807) is 19.1 Å². The van der Waals surface area contributed by atoms with E-state index in [1.165, 1.54) is 23.5 Å². The van der Waals surface area contributed by atoms with E-state index in [-0.39, 0.29) is 24.7 Å². The molecule has 0 saturated carbocycles. The summed E-state index contributed by atoms with van der Waals surface area (Å²) < 4.78 is 6.26. The lowest BCUT2D eigenvalue weighted by molar-refractivity contribution is -0.144. The normalized spacial score (nSPS) is 10.1. The number of hydrogen-bond acceptors (Lipinski definition) is 6. The Labute approximate surface area is 121 Å². The molecule has 0 unspecified atom stereocenters. The summed E-state index contributed by atoms with van der Waals surface area (Å²) in [5.74, 6) is -0.0531. The Hall–Kier alpha value is -2.77. The summed E-state index contributed by atoms with van der Waals surface area (Å²) in [7, 11) is 0. The lowest BCUT2D eigenvalue weighted by Gasteiger charge is -2.06. The highest BCUT2D eigenvalue weighted by atomic mass is 16.5. The quantitative estimate of drug-likeness (QED) is 0.795. The molecular formula is C13H15N5O3. The van der Waals surface area contributed by atoms with Gasteiger partial charge in [-0.1, -0.05) is 0 Å². The predicted octanol–water partition coefficient (Wildman–Crippen LogP) is 0.944. The first-order valence-corrected chi connectivity index (χ1v) is 6.45. The number of nitrogens with one attached hydrogen (secondary N) is 1. The molecule has 21 heavy (non-hydrogen) atoms. The molecule has 0 aliphatic heterocycles. The third-order valence-electron chi connectivity index (χ3n) is 2.55. The van der Waals surface area contributed by atoms with Crippen LogP contribution in [0.4, 0.5) is 5.69 Å². The molecule has 0 aromatic carbocycles. The average molecular weight is 289 g/mol. The second-order valence-electron chi connectivity index (χ2n) is 4.10. The molecule has 0 spiro atoms. The third kappa shape index (κ3) is 4.37. The van der Waals surface area contributed by atoms with E-state index in [1.807, 2.05) is 0 Å². The van der Waals surface area contributed by atoms with Gasteiger partial charge in [0.25, 0.3) is 0 Å². The van der Waals surface area contributed by atoms with Gasteiger partial charge in [-0.3, -0.25) is 9.59 Å². The van der Waals surface area contributed by atoms with E-state index in [9.17, 15) is 9.59 Å². The second kappa shape index (κ2) is 7.13. The fraction of sp³-hybridized carbons (Fsp3) is 0.308. The predicted molar refractivity (Wildman–Crippen MR) is 73.7 cm³/mol. The first-order chi connectivity index (χ1) is 10.2. The van der Waals surface area contributed by atoms with Crippen LogP contribution in [0.3, 0.4) is 0 Å². The molecule has 8 heteroatoms. The molecule has 1 amide bonds. The Kier molecular flexibility index (Phi) is 4.97. The number of ether oxygens (including phenoxy) is 1. The van der Waals surface area contributed by atoms with E-state index < -0.39 is 0 Å². The first-order valence-electron chi connectivity index (χ1n) is 6.45. The van der Waals surface area contributed by atoms with Crippen LogP contribution in [0.15, 0.2) is 31.0 Å². The van der Waals surface area contributed by atoms with Crippen molar-refractivity contribution in [2.45, 2.75) is 19.8 Å². The maximum Gasteiger partial charge on any atom is 0.306 e. The molecule has 110 valence electrons. The third-order valence-corrected chi connectivity index (χ3v) is 2.55. The fourth-order valence-electron chi connectivity index (χ4n) is 1.59. The van der Waals surface area contributed by atoms with Crippen LogP contribution in [0, 0.1) is 0 Å². The van der Waals surface area contributed by atoms with Crippen LogP contribution >= 0.6 is 0 Å². The molecular weight excluding hydrogens is 274 g/mol. The standard InChI is InChI=1S/C13H15N5O3/c1-2-21-13(20)6-5-12(19)17-10-3-4-11(15-7-10)18-9-14-8-16-18/h3-4,7-9H,2,5-6H2,1H3,(H,17,19). The number of carbonyl (C=O) groups excluding carboxylic acids is 2. The summed E-state index contributed by atoms with van der Waals surface area (Å²) in [6.07, 6.45) is 4.58. The summed E-state index contributed by atoms with van der Waals surface area (Å²) in [4.78, 5) is 30.8. The second-order valence-corrected chi connectivity index (χ2v) is 4.10. The molecule has 2 aromatic heterocycles. The molecule has 0 fully saturated rings. The van der Waals surface area contributed by atoms with Gasteiger partial charge >= 0.3 is 5.97 Å². The number of aromatic nitrogens is 4. The van der Waals surface area contributed by atoms with Gasteiger partial charge in [-0.15, -0.1) is 0 Å². The van der Waals surface area contributed by atoms with Crippen molar-refractivity contribution in [3.05, 3.63) is 31.0 Å². The lowest BCUT2D eigenvalue weighted by Crippen LogP contribution is -2.14. The smallest absolute Gasteiger partial charge is 0.306 e. The molecule has 1 N–H and O–H groups in total. The number of carbonyl (C=O) groups is 2. The van der Waals surface area contributed by atoms with E-state index in [0.717, 1.165) is 0 Å². The molecule has 0 aliphatic rings. The van der Waals surface area contributed by atoms with E-state index >= 15 is 0 Å². The zero-order valence-electron chi connectivity index (χ0n) is 11.5. The number of anilines is 1. The average Bonchev–Trinajstić information content (AvgIpc) is 3.00. The number of esters is 1. The van der Waals surface area contributed by atoms with E-state index in [4.69, 9.17) is 4.74 Å². The van der Waals surface area contributed by atoms with Crippen molar-refractivity contribution >= 4 is 17.6 Å². The van der Waals surface area contributed by atoms with Crippen molar-refractivity contribution in [1.29, 1.82) is 0 Å². The maximum absolute atomic E-state index is 11.7. The van der Waals surface area contributed by atoms with Gasteiger partial charge in [-0.2, -0.15) is 5.10 Å². The van der Waals surface area contributed by atoms with Crippen molar-refractivity contribution in [3.8, 4) is 5.82 Å². The largest absolute Gasteiger partial charge is 0.466 e. The van der Waals surface area contributed by atoms with Crippen molar-refractivity contribution in [2.24, 2.45) is 0 Å². The molecule has 8 nitrogen and oxygen atoms in total. The van der Waals surface area contributed by atoms with Crippen molar-refractivity contribution in [3.63, 3.8) is 0 Å². The highest BCUT2D eigenvalue weighted by Crippen LogP contribution is 2.09. The Balaban J connectivity index is 1.85. The van der Waals surface area contributed by atoms with Crippen LogP contribution in [0.25, 0.3) is 5.82 Å². The summed E-state index contributed by atoms with van der Waals surface area (Å²) in [5, 5.41) is 6.61. The van der Waals surface area contributed by atoms with Crippen LogP contribution in [0.2, 0.25) is 0 Å². The van der Waals surface area contributed by atoms with Gasteiger partial charge < -0.3 is 10.1 Å². The minimum atomic E-state index is -0.382. The van der Waals surface area contributed by atoms with E-state index in [2.05, 4.69) is 20.4 Å². The first kappa shape index (κ1) is 14.6. The minimum Gasteiger partial charge on any atom is -0.466 e. The van der Waals surface area contributed by atoms with E-state index in [0.29, 0.717) is 18.1 Å². The Morgan fingerprint density at radius 3 is 2.81 bits per heavy atom. The van der Waals surface area contributed by atoms with Gasteiger partial charge in [0.05, 0.1) is 24.9 Å². The van der Waals surface area contributed by atoms with Gasteiger partial charge in [0.15, 0.2) is 5.82 Å². The number of hydrogen-bond donors (Lipinski definition) is 1. The SMILES string of the molecule is CCOC(=O)CCC(=O)Nc1ccc(-n2cncn2)nc1. The van der Waals surface area contributed by atoms with Gasteiger partial charge in [0.1, 0.15) is 12.7 Å². The number of rotatable bonds is 6. The summed E-state index contributed by atoms with van der Waals surface area (Å²) in [5.41, 5.74) is 0.549. The van der Waals surface area contributed by atoms with Crippen LogP contribution in [-0.2, 0) is 14.3 Å². The van der Waals surface area contributed by atoms with Crippen LogP contribution < -0.4 is 5.32 Å². The topological polar surface area (TPSA) is 99.0 Å². The zero-order valence-corrected chi connectivity index (χ0v) is 11.5. The van der Waals surface area contributed by atoms with Gasteiger partial charge in [0.2, 0.25) is 5.91 Å². The summed E-state index contributed by atoms with van der Waals surface area (Å²) >= 11 is 0. The summed E-state index contributed by atoms with van der Waals surface area (Å²) in [6.45, 7) is 2.04. The molecule has 0 saturated heterocycles. The Morgan fingerprint density at radius 1 is 1.33 bits per heavy atom. The van der Waals surface area contributed by atoms with Crippen LogP contribution in [0.5, 0.6) is 0 Å². The molecule has 2 aromatic rings. The molecule has 2 rings (SSSR count). The van der Waals surface area contributed by atoms with Gasteiger partial charge in [0, 0.05) is 6.42 Å². The minimum absolute atomic E-state index is 0.0597. The molecule has 0 radical (unpaired) electrons. The number of nitrogens with zero attached hydrogens (tertiary/aromatic N) is 4. The maximum atomic E-state index is 11.7. The number of pyridine rings is 1. The lowest BCUT2D eigenvalue weighted by atomic mass is 10.3. The molecule has 0 aliphatic carbocycles. The monoisotopic (exact) mass is 289 g/mol. The highest BCUT2D eigenvalue weighted by molar-refractivity contribution is 5.92. The molecule has 0 atom stereocenters. The zero-order chi connectivity index (χ0) is 15.1. The van der Waals surface area contributed by atoms with Crippen molar-refractivity contribution < 1.29 is 14.3 Å². The molecule has 0 bridgehead atoms. The van der Waals surface area contributed by atoms with Crippen molar-refractivity contribution in [2.75, 3.05) is 11.9 Å². The number of amides is 1. The Morgan fingerprint density at radius 2 is 2.19 bits per heavy atom. The van der Waals surface area contributed by atoms with Gasteiger partial charge in [-0.05, 0) is 19.1 Å². The van der Waals surface area contributed by atoms with Gasteiger partial charge in [-0.25, -0.2) is 14.6 Å². The van der Waals surface area contributed by atoms with Crippen LogP contribution in [0.1, 0.15) is 19.8 Å². The summed E-state index contributed by atoms with van der Waals surface area (Å²) in [6, 6.07) is 3.40. The van der Waals surface area contributed by atoms with Crippen LogP contribution in [-0.4, -0.2) is 38.2 Å². The highest BCUT2D eigenvalue weighted by Gasteiger charge is 2.08. The van der Waals surface area contributed by atoms with Crippen molar-refractivity contribution in [1.82, 2.24) is 19.7 Å². The fourth-order valence-corrected chi connectivity index (χ4v) is 1.59.